The second-order valence-electron chi connectivity index (χ2n) is 2.65. The highest BCUT2D eigenvalue weighted by molar-refractivity contribution is 5.78. The molecule has 2 nitrogen and oxygen atoms in total. The monoisotopic (exact) mass is 145 g/mol. The summed E-state index contributed by atoms with van der Waals surface area (Å²) in [6.07, 6.45) is 0. The summed E-state index contributed by atoms with van der Waals surface area (Å²) >= 11 is 0. The van der Waals surface area contributed by atoms with E-state index in [4.69, 9.17) is 0 Å². The molecule has 2 heteroatoms. The van der Waals surface area contributed by atoms with E-state index >= 15 is 0 Å². The van der Waals surface area contributed by atoms with Crippen LogP contribution in [0.15, 0.2) is 18.2 Å². The third kappa shape index (κ3) is 0.909. The van der Waals surface area contributed by atoms with Gasteiger partial charge in [0.1, 0.15) is 5.82 Å². The van der Waals surface area contributed by atoms with Crippen LogP contribution in [0.4, 0.5) is 0 Å². The zero-order chi connectivity index (χ0) is 7.84. The number of rotatable bonds is 0. The maximum Gasteiger partial charge on any atom is 0.107 e. The Labute approximate surface area is 65.3 Å². The van der Waals surface area contributed by atoms with Crippen LogP contribution in [0.25, 0.3) is 11.0 Å². The van der Waals surface area contributed by atoms with Crippen LogP contribution >= 0.6 is 0 Å². The van der Waals surface area contributed by atoms with Gasteiger partial charge in [0.15, 0.2) is 0 Å². The minimum absolute atomic E-state index is 0.731. The highest BCUT2D eigenvalue weighted by Crippen LogP contribution is 2.14. The maximum atomic E-state index is 4.25. The molecule has 1 heterocycles. The van der Waals surface area contributed by atoms with Gasteiger partial charge in [0.2, 0.25) is 0 Å². The first-order valence-electron chi connectivity index (χ1n) is 3.54. The standard InChI is InChI=1S/C9H9N2/c1-6-4-3-5-8-9(6)11-7(2)10-8/h3-5H,2H2,1H3,(H,10,11). The van der Waals surface area contributed by atoms with E-state index in [9.17, 15) is 0 Å². The quantitative estimate of drug-likeness (QED) is 0.603. The molecular formula is C9H9N2. The predicted molar refractivity (Wildman–Crippen MR) is 45.3 cm³/mol. The number of H-pyrrole nitrogens is 1. The van der Waals surface area contributed by atoms with Gasteiger partial charge in [-0.3, -0.25) is 0 Å². The first-order chi connectivity index (χ1) is 5.27. The van der Waals surface area contributed by atoms with E-state index in [1.54, 1.807) is 0 Å². The van der Waals surface area contributed by atoms with Crippen LogP contribution in [0.5, 0.6) is 0 Å². The Morgan fingerprint density at radius 1 is 1.45 bits per heavy atom. The Bertz CT molecular complexity index is 387. The van der Waals surface area contributed by atoms with E-state index in [0.29, 0.717) is 0 Å². The number of imidazole rings is 1. The molecule has 0 spiro atoms. The van der Waals surface area contributed by atoms with Crippen molar-refractivity contribution in [1.82, 2.24) is 9.97 Å². The Morgan fingerprint density at radius 3 is 3.00 bits per heavy atom. The topological polar surface area (TPSA) is 28.7 Å². The second-order valence-corrected chi connectivity index (χ2v) is 2.65. The summed E-state index contributed by atoms with van der Waals surface area (Å²) in [5, 5.41) is 0. The molecule has 55 valence electrons. The van der Waals surface area contributed by atoms with Crippen LogP contribution in [0.3, 0.4) is 0 Å². The Kier molecular flexibility index (Phi) is 1.22. The second kappa shape index (κ2) is 2.09. The molecule has 0 bridgehead atoms. The molecule has 0 saturated carbocycles. The van der Waals surface area contributed by atoms with Gasteiger partial charge in [-0.1, -0.05) is 12.1 Å². The van der Waals surface area contributed by atoms with Crippen LogP contribution in [0.2, 0.25) is 0 Å². The molecular weight excluding hydrogens is 136 g/mol. The number of aryl methyl sites for hydroxylation is 1. The number of benzene rings is 1. The zero-order valence-corrected chi connectivity index (χ0v) is 6.39. The summed E-state index contributed by atoms with van der Waals surface area (Å²) in [4.78, 5) is 7.32. The largest absolute Gasteiger partial charge is 0.342 e. The van der Waals surface area contributed by atoms with Gasteiger partial charge in [-0.2, -0.15) is 0 Å². The molecule has 0 amide bonds. The molecule has 0 aliphatic carbocycles. The maximum absolute atomic E-state index is 4.25. The fraction of sp³-hybridized carbons (Fsp3) is 0.111. The van der Waals surface area contributed by atoms with Gasteiger partial charge < -0.3 is 4.98 Å². The number of nitrogens with zero attached hydrogens (tertiary/aromatic N) is 1. The number of hydrogen-bond donors (Lipinski definition) is 1. The minimum Gasteiger partial charge on any atom is -0.342 e. The van der Waals surface area contributed by atoms with Gasteiger partial charge in [-0.25, -0.2) is 4.98 Å². The van der Waals surface area contributed by atoms with Crippen LogP contribution in [-0.4, -0.2) is 9.97 Å². The van der Waals surface area contributed by atoms with Gasteiger partial charge in [0.05, 0.1) is 11.0 Å². The van der Waals surface area contributed by atoms with Crippen molar-refractivity contribution in [2.75, 3.05) is 0 Å². The van der Waals surface area contributed by atoms with Gasteiger partial charge >= 0.3 is 0 Å². The molecule has 0 atom stereocenters. The lowest BCUT2D eigenvalue weighted by molar-refractivity contribution is 1.25. The Hall–Kier alpha value is -1.31. The summed E-state index contributed by atoms with van der Waals surface area (Å²) in [7, 11) is 0. The molecule has 1 aromatic carbocycles. The molecule has 1 N–H and O–H groups in total. The average molecular weight is 145 g/mol. The van der Waals surface area contributed by atoms with Gasteiger partial charge in [-0.15, -0.1) is 0 Å². The molecule has 1 radical (unpaired) electrons. The molecule has 0 aliphatic rings. The fourth-order valence-electron chi connectivity index (χ4n) is 1.23. The van der Waals surface area contributed by atoms with E-state index in [1.807, 2.05) is 25.1 Å². The third-order valence-electron chi connectivity index (χ3n) is 1.76. The Morgan fingerprint density at radius 2 is 2.27 bits per heavy atom. The lowest BCUT2D eigenvalue weighted by Crippen LogP contribution is -1.74. The summed E-state index contributed by atoms with van der Waals surface area (Å²) < 4.78 is 0. The Balaban J connectivity index is 2.90. The molecule has 2 rings (SSSR count). The summed E-state index contributed by atoms with van der Waals surface area (Å²) in [5.74, 6) is 0.731. The predicted octanol–water partition coefficient (Wildman–Crippen LogP) is 2.05. The van der Waals surface area contributed by atoms with Crippen molar-refractivity contribution in [3.8, 4) is 0 Å². The van der Waals surface area contributed by atoms with Crippen molar-refractivity contribution >= 4 is 11.0 Å². The molecule has 0 aliphatic heterocycles. The average Bonchev–Trinajstić information content (AvgIpc) is 2.31. The van der Waals surface area contributed by atoms with Crippen molar-refractivity contribution in [1.29, 1.82) is 0 Å². The van der Waals surface area contributed by atoms with Crippen LogP contribution in [-0.2, 0) is 0 Å². The van der Waals surface area contributed by atoms with Crippen LogP contribution in [0, 0.1) is 13.8 Å². The van der Waals surface area contributed by atoms with Crippen molar-refractivity contribution < 1.29 is 0 Å². The first-order valence-corrected chi connectivity index (χ1v) is 3.54. The summed E-state index contributed by atoms with van der Waals surface area (Å²) in [6, 6.07) is 6.06. The van der Waals surface area contributed by atoms with Gasteiger partial charge in [0, 0.05) is 6.92 Å². The number of aromatic nitrogens is 2. The van der Waals surface area contributed by atoms with Gasteiger partial charge in [-0.05, 0) is 18.6 Å². The SMILES string of the molecule is [CH2]c1nc2c(C)cccc2[nH]1. The van der Waals surface area contributed by atoms with Crippen LogP contribution < -0.4 is 0 Å². The number of hydrogen-bond acceptors (Lipinski definition) is 1. The lowest BCUT2D eigenvalue weighted by atomic mass is 10.2. The lowest BCUT2D eigenvalue weighted by Gasteiger charge is -1.90. The normalized spacial score (nSPS) is 10.7. The molecule has 1 aromatic heterocycles. The smallest absolute Gasteiger partial charge is 0.107 e. The van der Waals surface area contributed by atoms with Crippen molar-refractivity contribution in [2.24, 2.45) is 0 Å². The molecule has 0 saturated heterocycles. The fourth-order valence-corrected chi connectivity index (χ4v) is 1.23. The van der Waals surface area contributed by atoms with Gasteiger partial charge in [0.25, 0.3) is 0 Å². The molecule has 2 aromatic rings. The highest BCUT2D eigenvalue weighted by Gasteiger charge is 1.99. The van der Waals surface area contributed by atoms with E-state index in [-0.39, 0.29) is 0 Å². The van der Waals surface area contributed by atoms with E-state index in [1.165, 1.54) is 5.56 Å². The molecule has 0 fully saturated rings. The third-order valence-corrected chi connectivity index (χ3v) is 1.76. The van der Waals surface area contributed by atoms with Crippen molar-refractivity contribution in [2.45, 2.75) is 6.92 Å². The first kappa shape index (κ1) is 6.40. The van der Waals surface area contributed by atoms with Crippen LogP contribution in [0.1, 0.15) is 11.4 Å². The van der Waals surface area contributed by atoms with E-state index < -0.39 is 0 Å². The number of aromatic amines is 1. The highest BCUT2D eigenvalue weighted by atomic mass is 14.9. The van der Waals surface area contributed by atoms with E-state index in [0.717, 1.165) is 16.9 Å². The zero-order valence-electron chi connectivity index (χ0n) is 6.39. The minimum atomic E-state index is 0.731. The van der Waals surface area contributed by atoms with E-state index in [2.05, 4.69) is 16.9 Å². The number of nitrogens with one attached hydrogen (secondary N) is 1. The molecule has 11 heavy (non-hydrogen) atoms. The molecule has 0 unspecified atom stereocenters. The summed E-state index contributed by atoms with van der Waals surface area (Å²) in [6.45, 7) is 5.78. The van der Waals surface area contributed by atoms with Crippen molar-refractivity contribution in [3.05, 3.63) is 36.5 Å². The number of fused-ring (bicyclic) bond motifs is 1. The van der Waals surface area contributed by atoms with Crippen molar-refractivity contribution in [3.63, 3.8) is 0 Å². The number of para-hydroxylation sites is 1. The summed E-state index contributed by atoms with van der Waals surface area (Å²) in [5.41, 5.74) is 3.28.